The molecule has 0 saturated carbocycles. The lowest BCUT2D eigenvalue weighted by Gasteiger charge is -2.16. The van der Waals surface area contributed by atoms with Crippen LogP contribution in [0.2, 0.25) is 0 Å². The summed E-state index contributed by atoms with van der Waals surface area (Å²) in [4.78, 5) is 12.3. The molecular weight excluding hydrogens is 242 g/mol. The van der Waals surface area contributed by atoms with Crippen LogP contribution in [0.1, 0.15) is 30.9 Å². The second-order valence-corrected chi connectivity index (χ2v) is 5.98. The molecule has 18 heavy (non-hydrogen) atoms. The van der Waals surface area contributed by atoms with E-state index < -0.39 is 0 Å². The van der Waals surface area contributed by atoms with E-state index in [2.05, 4.69) is 23.5 Å². The van der Waals surface area contributed by atoms with Gasteiger partial charge in [0.25, 0.3) is 0 Å². The molecule has 0 aromatic heterocycles. The Hall–Kier alpha value is -0.800. The minimum Gasteiger partial charge on any atom is -0.316 e. The van der Waals surface area contributed by atoms with Gasteiger partial charge in [0.05, 0.1) is 0 Å². The second-order valence-electron chi connectivity index (χ2n) is 4.85. The highest BCUT2D eigenvalue weighted by molar-refractivity contribution is 7.99. The highest BCUT2D eigenvalue weighted by Crippen LogP contribution is 2.30. The minimum absolute atomic E-state index is 0.258. The average molecular weight is 263 g/mol. The van der Waals surface area contributed by atoms with Crippen LogP contribution in [0.4, 0.5) is 0 Å². The molecule has 0 unspecified atom stereocenters. The van der Waals surface area contributed by atoms with Crippen molar-refractivity contribution in [3.05, 3.63) is 29.3 Å². The number of ketones is 1. The number of carbonyl (C=O) groups is 1. The highest BCUT2D eigenvalue weighted by atomic mass is 32.2. The van der Waals surface area contributed by atoms with Gasteiger partial charge in [-0.15, -0.1) is 11.8 Å². The number of Topliss-reactive ketones (excluding diaryl/α,β-unsaturated/α-hetero) is 1. The lowest BCUT2D eigenvalue weighted by Crippen LogP contribution is -2.20. The van der Waals surface area contributed by atoms with Crippen LogP contribution in [0.3, 0.4) is 0 Å². The maximum atomic E-state index is 10.8. The molecule has 0 saturated heterocycles. The van der Waals surface area contributed by atoms with Gasteiger partial charge in [-0.1, -0.05) is 12.1 Å². The third kappa shape index (κ3) is 4.14. The smallest absolute Gasteiger partial charge is 0.131 e. The van der Waals surface area contributed by atoms with E-state index in [0.29, 0.717) is 6.42 Å². The minimum atomic E-state index is 0.258. The van der Waals surface area contributed by atoms with Crippen molar-refractivity contribution in [3.63, 3.8) is 0 Å². The van der Waals surface area contributed by atoms with Gasteiger partial charge in [-0.3, -0.25) is 4.79 Å². The second kappa shape index (κ2) is 6.95. The molecule has 1 aromatic rings. The van der Waals surface area contributed by atoms with Crippen molar-refractivity contribution in [2.24, 2.45) is 0 Å². The summed E-state index contributed by atoms with van der Waals surface area (Å²) in [5.41, 5.74) is 2.93. The van der Waals surface area contributed by atoms with E-state index in [-0.39, 0.29) is 5.78 Å². The van der Waals surface area contributed by atoms with Gasteiger partial charge in [-0.05, 0) is 55.7 Å². The van der Waals surface area contributed by atoms with E-state index in [1.807, 2.05) is 11.8 Å². The summed E-state index contributed by atoms with van der Waals surface area (Å²) in [5, 5.41) is 3.32. The van der Waals surface area contributed by atoms with Crippen LogP contribution >= 0.6 is 11.8 Å². The molecule has 1 heterocycles. The van der Waals surface area contributed by atoms with Gasteiger partial charge >= 0.3 is 0 Å². The van der Waals surface area contributed by atoms with Crippen LogP contribution < -0.4 is 5.32 Å². The first-order valence-corrected chi connectivity index (χ1v) is 7.69. The summed E-state index contributed by atoms with van der Waals surface area (Å²) in [5.74, 6) is 1.52. The van der Waals surface area contributed by atoms with Crippen molar-refractivity contribution < 1.29 is 4.79 Å². The van der Waals surface area contributed by atoms with Crippen LogP contribution in [0.5, 0.6) is 0 Å². The Morgan fingerprint density at radius 2 is 2.28 bits per heavy atom. The number of thioether (sulfide) groups is 1. The monoisotopic (exact) mass is 263 g/mol. The zero-order chi connectivity index (χ0) is 12.8. The number of aryl methyl sites for hydroxylation is 1. The number of fused-ring (bicyclic) bond motifs is 1. The third-order valence-corrected chi connectivity index (χ3v) is 4.42. The van der Waals surface area contributed by atoms with Crippen molar-refractivity contribution in [2.45, 2.75) is 37.5 Å². The lowest BCUT2D eigenvalue weighted by atomic mass is 10.0. The molecular formula is C15H21NOS. The SMILES string of the molecule is CC(=O)CCNCCc1ccc2c(c1)CCCS2. The quantitative estimate of drug-likeness (QED) is 0.800. The van der Waals surface area contributed by atoms with Crippen molar-refractivity contribution >= 4 is 17.5 Å². The van der Waals surface area contributed by atoms with Gasteiger partial charge < -0.3 is 5.32 Å². The first kappa shape index (κ1) is 13.6. The summed E-state index contributed by atoms with van der Waals surface area (Å²) in [6, 6.07) is 6.86. The molecule has 0 bridgehead atoms. The topological polar surface area (TPSA) is 29.1 Å². The van der Waals surface area contributed by atoms with Crippen LogP contribution in [0.15, 0.2) is 23.1 Å². The van der Waals surface area contributed by atoms with Gasteiger partial charge in [-0.25, -0.2) is 0 Å². The normalized spacial score (nSPS) is 14.3. The van der Waals surface area contributed by atoms with Crippen LogP contribution in [0, 0.1) is 0 Å². The van der Waals surface area contributed by atoms with Gasteiger partial charge in [0, 0.05) is 17.9 Å². The van der Waals surface area contributed by atoms with Gasteiger partial charge in [0.15, 0.2) is 0 Å². The molecule has 1 aliphatic rings. The lowest BCUT2D eigenvalue weighted by molar-refractivity contribution is -0.116. The maximum absolute atomic E-state index is 10.8. The summed E-state index contributed by atoms with van der Waals surface area (Å²) in [7, 11) is 0. The Kier molecular flexibility index (Phi) is 5.26. The van der Waals surface area contributed by atoms with Crippen molar-refractivity contribution in [1.82, 2.24) is 5.32 Å². The summed E-state index contributed by atoms with van der Waals surface area (Å²) in [6.45, 7) is 3.40. The van der Waals surface area contributed by atoms with E-state index in [4.69, 9.17) is 0 Å². The van der Waals surface area contributed by atoms with Gasteiger partial charge in [0.2, 0.25) is 0 Å². The largest absolute Gasteiger partial charge is 0.316 e. The fourth-order valence-electron chi connectivity index (χ4n) is 2.19. The number of hydrogen-bond donors (Lipinski definition) is 1. The molecule has 0 atom stereocenters. The molecule has 2 nitrogen and oxygen atoms in total. The first-order chi connectivity index (χ1) is 8.75. The van der Waals surface area contributed by atoms with Crippen molar-refractivity contribution in [2.75, 3.05) is 18.8 Å². The Morgan fingerprint density at radius 3 is 3.11 bits per heavy atom. The Labute approximate surface area is 114 Å². The van der Waals surface area contributed by atoms with E-state index in [1.54, 1.807) is 6.92 Å². The maximum Gasteiger partial charge on any atom is 0.131 e. The molecule has 0 aliphatic carbocycles. The number of carbonyl (C=O) groups excluding carboxylic acids is 1. The zero-order valence-electron chi connectivity index (χ0n) is 11.0. The first-order valence-electron chi connectivity index (χ1n) is 6.70. The Morgan fingerprint density at radius 1 is 1.39 bits per heavy atom. The molecule has 1 aromatic carbocycles. The molecule has 1 aliphatic heterocycles. The molecule has 2 rings (SSSR count). The van der Waals surface area contributed by atoms with Crippen LogP contribution in [-0.2, 0) is 17.6 Å². The standard InChI is InChI=1S/C15H21NOS/c1-12(17)6-8-16-9-7-13-4-5-15-14(11-13)3-2-10-18-15/h4-5,11,16H,2-3,6-10H2,1H3. The summed E-state index contributed by atoms with van der Waals surface area (Å²) >= 11 is 1.98. The molecule has 1 N–H and O–H groups in total. The molecule has 0 amide bonds. The fraction of sp³-hybridized carbons (Fsp3) is 0.533. The fourth-order valence-corrected chi connectivity index (χ4v) is 3.21. The molecule has 0 spiro atoms. The zero-order valence-corrected chi connectivity index (χ0v) is 11.8. The third-order valence-electron chi connectivity index (χ3n) is 3.22. The van der Waals surface area contributed by atoms with Crippen molar-refractivity contribution in [1.29, 1.82) is 0 Å². The average Bonchev–Trinajstić information content (AvgIpc) is 2.38. The van der Waals surface area contributed by atoms with E-state index in [1.165, 1.54) is 34.6 Å². The summed E-state index contributed by atoms with van der Waals surface area (Å²) < 4.78 is 0. The molecule has 3 heteroatoms. The van der Waals surface area contributed by atoms with E-state index in [9.17, 15) is 4.79 Å². The van der Waals surface area contributed by atoms with Gasteiger partial charge in [-0.2, -0.15) is 0 Å². The number of hydrogen-bond acceptors (Lipinski definition) is 3. The Balaban J connectivity index is 1.77. The molecule has 0 radical (unpaired) electrons. The Bertz CT molecular complexity index is 417. The highest BCUT2D eigenvalue weighted by Gasteiger charge is 2.09. The van der Waals surface area contributed by atoms with Crippen LogP contribution in [-0.4, -0.2) is 24.6 Å². The van der Waals surface area contributed by atoms with E-state index >= 15 is 0 Å². The number of nitrogens with one attached hydrogen (secondary N) is 1. The summed E-state index contributed by atoms with van der Waals surface area (Å²) in [6.07, 6.45) is 4.22. The van der Waals surface area contributed by atoms with Crippen molar-refractivity contribution in [3.8, 4) is 0 Å². The molecule has 98 valence electrons. The molecule has 0 fully saturated rings. The number of benzene rings is 1. The van der Waals surface area contributed by atoms with Crippen LogP contribution in [0.25, 0.3) is 0 Å². The predicted molar refractivity (Wildman–Crippen MR) is 77.4 cm³/mol. The van der Waals surface area contributed by atoms with E-state index in [0.717, 1.165) is 19.5 Å². The predicted octanol–water partition coefficient (Wildman–Crippen LogP) is 2.84. The number of rotatable bonds is 6. The van der Waals surface area contributed by atoms with Gasteiger partial charge in [0.1, 0.15) is 5.78 Å².